The standard InChI is InChI=1S/C20H20N4O4S/c1-13-16(11-21-27-12-14-7-9-15(10-8-14)20(25)26)19(24(2)23-13)28-17-5-4-6-18(22-17)29-3/h4-11H,12H2,1-3H3,(H,25,26). The number of carbonyl (C=O) groups is 1. The van der Waals surface area contributed by atoms with Crippen molar-refractivity contribution >= 4 is 23.9 Å². The zero-order valence-corrected chi connectivity index (χ0v) is 17.0. The number of aromatic nitrogens is 3. The van der Waals surface area contributed by atoms with Crippen LogP contribution in [0.5, 0.6) is 11.8 Å². The fraction of sp³-hybridized carbons (Fsp3) is 0.200. The van der Waals surface area contributed by atoms with Crippen LogP contribution in [0, 0.1) is 6.92 Å². The number of oxime groups is 1. The van der Waals surface area contributed by atoms with Crippen LogP contribution >= 0.6 is 11.8 Å². The summed E-state index contributed by atoms with van der Waals surface area (Å²) in [4.78, 5) is 20.6. The van der Waals surface area contributed by atoms with Crippen molar-refractivity contribution in [2.24, 2.45) is 12.2 Å². The van der Waals surface area contributed by atoms with Gasteiger partial charge in [0.05, 0.1) is 28.1 Å². The van der Waals surface area contributed by atoms with Gasteiger partial charge in [0.1, 0.15) is 6.61 Å². The first-order valence-electron chi connectivity index (χ1n) is 8.68. The third-order valence-electron chi connectivity index (χ3n) is 4.01. The Morgan fingerprint density at radius 3 is 2.72 bits per heavy atom. The molecule has 29 heavy (non-hydrogen) atoms. The van der Waals surface area contributed by atoms with Crippen molar-refractivity contribution < 1.29 is 19.5 Å². The molecule has 1 N–H and O–H groups in total. The number of thioether (sulfide) groups is 1. The molecule has 0 unspecified atom stereocenters. The number of hydrogen-bond acceptors (Lipinski definition) is 7. The van der Waals surface area contributed by atoms with Gasteiger partial charge in [0.2, 0.25) is 11.8 Å². The van der Waals surface area contributed by atoms with E-state index in [0.717, 1.165) is 16.3 Å². The molecule has 2 heterocycles. The fourth-order valence-corrected chi connectivity index (χ4v) is 2.93. The zero-order valence-electron chi connectivity index (χ0n) is 16.2. The van der Waals surface area contributed by atoms with E-state index in [1.807, 2.05) is 25.3 Å². The summed E-state index contributed by atoms with van der Waals surface area (Å²) in [6, 6.07) is 12.0. The maximum atomic E-state index is 10.9. The van der Waals surface area contributed by atoms with Crippen LogP contribution in [0.25, 0.3) is 0 Å². The van der Waals surface area contributed by atoms with E-state index in [2.05, 4.69) is 15.2 Å². The Kier molecular flexibility index (Phi) is 6.50. The lowest BCUT2D eigenvalue weighted by atomic mass is 10.1. The van der Waals surface area contributed by atoms with E-state index in [1.54, 1.807) is 36.1 Å². The van der Waals surface area contributed by atoms with Crippen molar-refractivity contribution in [2.45, 2.75) is 18.6 Å². The van der Waals surface area contributed by atoms with Gasteiger partial charge >= 0.3 is 5.97 Å². The van der Waals surface area contributed by atoms with E-state index >= 15 is 0 Å². The second-order valence-electron chi connectivity index (χ2n) is 6.06. The van der Waals surface area contributed by atoms with Gasteiger partial charge in [-0.05, 0) is 36.9 Å². The number of ether oxygens (including phenoxy) is 1. The topological polar surface area (TPSA) is 98.8 Å². The molecule has 1 aromatic carbocycles. The third-order valence-corrected chi connectivity index (χ3v) is 4.66. The Morgan fingerprint density at radius 1 is 1.28 bits per heavy atom. The van der Waals surface area contributed by atoms with Gasteiger partial charge in [0.15, 0.2) is 0 Å². The van der Waals surface area contributed by atoms with Gasteiger partial charge in [-0.2, -0.15) is 5.10 Å². The highest BCUT2D eigenvalue weighted by atomic mass is 32.2. The summed E-state index contributed by atoms with van der Waals surface area (Å²) in [5.74, 6) is 0.00739. The molecule has 0 saturated carbocycles. The van der Waals surface area contributed by atoms with E-state index in [9.17, 15) is 4.79 Å². The molecule has 0 fully saturated rings. The molecule has 8 nitrogen and oxygen atoms in total. The van der Waals surface area contributed by atoms with Gasteiger partial charge in [-0.3, -0.25) is 0 Å². The first-order valence-corrected chi connectivity index (χ1v) is 9.90. The summed E-state index contributed by atoms with van der Waals surface area (Å²) in [6.07, 6.45) is 3.49. The van der Waals surface area contributed by atoms with Crippen molar-refractivity contribution in [3.8, 4) is 11.8 Å². The summed E-state index contributed by atoms with van der Waals surface area (Å²) in [5, 5.41) is 18.2. The number of pyridine rings is 1. The Morgan fingerprint density at radius 2 is 2.03 bits per heavy atom. The van der Waals surface area contributed by atoms with E-state index in [0.29, 0.717) is 17.3 Å². The second-order valence-corrected chi connectivity index (χ2v) is 6.88. The summed E-state index contributed by atoms with van der Waals surface area (Å²) in [7, 11) is 1.78. The highest BCUT2D eigenvalue weighted by Gasteiger charge is 2.15. The van der Waals surface area contributed by atoms with Crippen molar-refractivity contribution in [3.63, 3.8) is 0 Å². The van der Waals surface area contributed by atoms with Crippen molar-refractivity contribution in [2.75, 3.05) is 6.26 Å². The SMILES string of the molecule is CSc1cccc(Oc2c(C=NOCc3ccc(C(=O)O)cc3)c(C)nn2C)n1. The lowest BCUT2D eigenvalue weighted by Crippen LogP contribution is -1.99. The fourth-order valence-electron chi connectivity index (χ4n) is 2.53. The molecule has 0 spiro atoms. The average Bonchev–Trinajstić information content (AvgIpc) is 2.98. The summed E-state index contributed by atoms with van der Waals surface area (Å²) in [6.45, 7) is 2.06. The Balaban J connectivity index is 1.69. The zero-order chi connectivity index (χ0) is 20.8. The number of nitrogens with zero attached hydrogens (tertiary/aromatic N) is 4. The normalized spacial score (nSPS) is 11.0. The van der Waals surface area contributed by atoms with Crippen LogP contribution in [-0.2, 0) is 18.5 Å². The minimum Gasteiger partial charge on any atom is -0.478 e. The molecule has 3 rings (SSSR count). The maximum absolute atomic E-state index is 10.9. The average molecular weight is 412 g/mol. The molecule has 150 valence electrons. The highest BCUT2D eigenvalue weighted by molar-refractivity contribution is 7.98. The van der Waals surface area contributed by atoms with Crippen molar-refractivity contribution in [1.29, 1.82) is 0 Å². The van der Waals surface area contributed by atoms with Crippen LogP contribution in [0.15, 0.2) is 52.6 Å². The number of benzene rings is 1. The molecular weight excluding hydrogens is 392 g/mol. The smallest absolute Gasteiger partial charge is 0.335 e. The summed E-state index contributed by atoms with van der Waals surface area (Å²) in [5.41, 5.74) is 2.46. The van der Waals surface area contributed by atoms with E-state index < -0.39 is 5.97 Å². The first-order chi connectivity index (χ1) is 14.0. The van der Waals surface area contributed by atoms with Crippen LogP contribution in [-0.4, -0.2) is 38.3 Å². The van der Waals surface area contributed by atoms with E-state index in [-0.39, 0.29) is 12.2 Å². The molecule has 0 radical (unpaired) electrons. The van der Waals surface area contributed by atoms with Gasteiger partial charge in [-0.15, -0.1) is 11.8 Å². The van der Waals surface area contributed by atoms with Gasteiger partial charge in [0.25, 0.3) is 0 Å². The lowest BCUT2D eigenvalue weighted by molar-refractivity contribution is 0.0696. The van der Waals surface area contributed by atoms with E-state index in [4.69, 9.17) is 14.7 Å². The molecule has 0 aliphatic heterocycles. The number of aryl methyl sites for hydroxylation is 2. The van der Waals surface area contributed by atoms with Crippen LogP contribution in [0.4, 0.5) is 0 Å². The highest BCUT2D eigenvalue weighted by Crippen LogP contribution is 2.26. The summed E-state index contributed by atoms with van der Waals surface area (Å²) < 4.78 is 7.55. The molecule has 0 saturated heterocycles. The minimum atomic E-state index is -0.965. The van der Waals surface area contributed by atoms with Crippen LogP contribution in [0.1, 0.15) is 27.2 Å². The summed E-state index contributed by atoms with van der Waals surface area (Å²) >= 11 is 1.53. The Labute approximate surface area is 172 Å². The monoisotopic (exact) mass is 412 g/mol. The minimum absolute atomic E-state index is 0.212. The number of carboxylic acid groups (broad SMARTS) is 1. The van der Waals surface area contributed by atoms with Crippen LogP contribution in [0.2, 0.25) is 0 Å². The van der Waals surface area contributed by atoms with Crippen molar-refractivity contribution in [3.05, 3.63) is 64.8 Å². The molecule has 0 aliphatic carbocycles. The van der Waals surface area contributed by atoms with Gasteiger partial charge < -0.3 is 14.7 Å². The predicted octanol–water partition coefficient (Wildman–Crippen LogP) is 3.89. The molecule has 0 bridgehead atoms. The first kappa shape index (κ1) is 20.4. The lowest BCUT2D eigenvalue weighted by Gasteiger charge is -2.07. The molecule has 9 heteroatoms. The molecular formula is C20H20N4O4S. The second kappa shape index (κ2) is 9.24. The van der Waals surface area contributed by atoms with Gasteiger partial charge in [-0.1, -0.05) is 23.4 Å². The third kappa shape index (κ3) is 5.14. The molecule has 0 atom stereocenters. The van der Waals surface area contributed by atoms with Gasteiger partial charge in [-0.25, -0.2) is 14.5 Å². The van der Waals surface area contributed by atoms with E-state index in [1.165, 1.54) is 23.9 Å². The number of hydrogen-bond donors (Lipinski definition) is 1. The number of carboxylic acids is 1. The van der Waals surface area contributed by atoms with Gasteiger partial charge in [0, 0.05) is 13.1 Å². The molecule has 0 amide bonds. The molecule has 2 aromatic heterocycles. The molecule has 0 aliphatic rings. The van der Waals surface area contributed by atoms with Crippen molar-refractivity contribution in [1.82, 2.24) is 14.8 Å². The molecule has 3 aromatic rings. The van der Waals surface area contributed by atoms with Crippen LogP contribution in [0.3, 0.4) is 0 Å². The number of aromatic carboxylic acids is 1. The largest absolute Gasteiger partial charge is 0.478 e. The predicted molar refractivity (Wildman–Crippen MR) is 110 cm³/mol. The number of rotatable bonds is 8. The maximum Gasteiger partial charge on any atom is 0.335 e. The quantitative estimate of drug-likeness (QED) is 0.340. The Hall–Kier alpha value is -3.33. The van der Waals surface area contributed by atoms with Crippen LogP contribution < -0.4 is 4.74 Å². The Bertz CT molecular complexity index is 1030.